The van der Waals surface area contributed by atoms with Crippen LogP contribution in [0.25, 0.3) is 0 Å². The van der Waals surface area contributed by atoms with Gasteiger partial charge in [-0.1, -0.05) is 0 Å². The molecule has 0 unspecified atom stereocenters. The van der Waals surface area contributed by atoms with Crippen molar-refractivity contribution in [3.63, 3.8) is 0 Å². The topological polar surface area (TPSA) is 84.9 Å². The fraction of sp³-hybridized carbons (Fsp3) is 0.222. The van der Waals surface area contributed by atoms with Crippen molar-refractivity contribution in [1.29, 1.82) is 0 Å². The summed E-state index contributed by atoms with van der Waals surface area (Å²) in [7, 11) is 1.59. The zero-order valence-corrected chi connectivity index (χ0v) is 15.6. The SMILES string of the molecule is COc1ccc(Oc2c(C)cc(NC(=O)CC(=O)O)cc2C)cc1Br. The van der Waals surface area contributed by atoms with Gasteiger partial charge in [-0.3, -0.25) is 9.59 Å². The third-order valence-corrected chi connectivity index (χ3v) is 4.02. The normalized spacial score (nSPS) is 10.2. The van der Waals surface area contributed by atoms with Crippen LogP contribution in [-0.2, 0) is 9.59 Å². The second-order valence-electron chi connectivity index (χ2n) is 5.46. The van der Waals surface area contributed by atoms with Gasteiger partial charge in [0.25, 0.3) is 0 Å². The van der Waals surface area contributed by atoms with Crippen LogP contribution >= 0.6 is 15.9 Å². The van der Waals surface area contributed by atoms with Crippen molar-refractivity contribution in [1.82, 2.24) is 0 Å². The molecule has 2 rings (SSSR count). The van der Waals surface area contributed by atoms with Gasteiger partial charge in [-0.2, -0.15) is 0 Å². The summed E-state index contributed by atoms with van der Waals surface area (Å²) < 4.78 is 11.9. The van der Waals surface area contributed by atoms with Gasteiger partial charge in [-0.15, -0.1) is 0 Å². The van der Waals surface area contributed by atoms with Gasteiger partial charge in [0.15, 0.2) is 0 Å². The Balaban J connectivity index is 2.21. The number of hydrogen-bond acceptors (Lipinski definition) is 4. The van der Waals surface area contributed by atoms with Gasteiger partial charge >= 0.3 is 5.97 Å². The molecule has 2 N–H and O–H groups in total. The molecule has 0 aliphatic heterocycles. The molecule has 0 spiro atoms. The van der Waals surface area contributed by atoms with E-state index in [1.54, 1.807) is 37.4 Å². The Bertz CT molecular complexity index is 796. The fourth-order valence-corrected chi connectivity index (χ4v) is 2.87. The molecule has 25 heavy (non-hydrogen) atoms. The number of aryl methyl sites for hydroxylation is 2. The fourth-order valence-electron chi connectivity index (χ4n) is 2.35. The van der Waals surface area contributed by atoms with Gasteiger partial charge in [-0.05, 0) is 71.2 Å². The van der Waals surface area contributed by atoms with Crippen LogP contribution in [0.15, 0.2) is 34.8 Å². The summed E-state index contributed by atoms with van der Waals surface area (Å²) in [6.07, 6.45) is -0.573. The Labute approximate surface area is 153 Å². The number of ether oxygens (including phenoxy) is 2. The van der Waals surface area contributed by atoms with E-state index in [0.717, 1.165) is 15.6 Å². The number of aliphatic carboxylic acids is 1. The first-order chi connectivity index (χ1) is 11.8. The third-order valence-electron chi connectivity index (χ3n) is 3.40. The predicted molar refractivity (Wildman–Crippen MR) is 97.6 cm³/mol. The van der Waals surface area contributed by atoms with Gasteiger partial charge in [0.1, 0.15) is 23.7 Å². The van der Waals surface area contributed by atoms with Crippen molar-refractivity contribution in [3.8, 4) is 17.2 Å². The third kappa shape index (κ3) is 4.96. The maximum atomic E-state index is 11.6. The molecule has 1 amide bonds. The van der Waals surface area contributed by atoms with Crippen molar-refractivity contribution >= 4 is 33.5 Å². The Morgan fingerprint density at radius 2 is 1.80 bits per heavy atom. The molecule has 0 heterocycles. The summed E-state index contributed by atoms with van der Waals surface area (Å²) >= 11 is 3.42. The lowest BCUT2D eigenvalue weighted by molar-refractivity contribution is -0.139. The van der Waals surface area contributed by atoms with E-state index >= 15 is 0 Å². The molecule has 0 atom stereocenters. The van der Waals surface area contributed by atoms with E-state index in [2.05, 4.69) is 21.2 Å². The minimum Gasteiger partial charge on any atom is -0.496 e. The van der Waals surface area contributed by atoms with Crippen LogP contribution in [0.2, 0.25) is 0 Å². The Hall–Kier alpha value is -2.54. The first-order valence-electron chi connectivity index (χ1n) is 7.44. The molecule has 0 radical (unpaired) electrons. The number of anilines is 1. The first kappa shape index (κ1) is 18.8. The zero-order valence-electron chi connectivity index (χ0n) is 14.1. The molecule has 0 bridgehead atoms. The number of halogens is 1. The molecule has 132 valence electrons. The number of nitrogens with one attached hydrogen (secondary N) is 1. The molecule has 2 aromatic rings. The lowest BCUT2D eigenvalue weighted by Gasteiger charge is -2.15. The van der Waals surface area contributed by atoms with Crippen molar-refractivity contribution in [2.45, 2.75) is 20.3 Å². The minimum absolute atomic E-state index is 0.532. The number of hydrogen-bond donors (Lipinski definition) is 2. The lowest BCUT2D eigenvalue weighted by Crippen LogP contribution is -2.16. The Kier molecular flexibility index (Phi) is 6.03. The standard InChI is InChI=1S/C18H18BrNO5/c1-10-6-12(20-16(21)9-17(22)23)7-11(2)18(10)25-13-4-5-15(24-3)14(19)8-13/h4-8H,9H2,1-3H3,(H,20,21)(H,22,23). The number of amides is 1. The maximum absolute atomic E-state index is 11.6. The van der Waals surface area contributed by atoms with E-state index in [4.69, 9.17) is 14.6 Å². The molecule has 0 aliphatic carbocycles. The van der Waals surface area contributed by atoms with E-state index < -0.39 is 18.3 Å². The van der Waals surface area contributed by atoms with Crippen LogP contribution < -0.4 is 14.8 Å². The summed E-state index contributed by atoms with van der Waals surface area (Å²) in [5, 5.41) is 11.2. The second kappa shape index (κ2) is 8.02. The van der Waals surface area contributed by atoms with Crippen LogP contribution in [0, 0.1) is 13.8 Å². The monoisotopic (exact) mass is 407 g/mol. The number of carbonyl (C=O) groups is 2. The molecular formula is C18H18BrNO5. The van der Waals surface area contributed by atoms with E-state index in [9.17, 15) is 9.59 Å². The highest BCUT2D eigenvalue weighted by atomic mass is 79.9. The zero-order chi connectivity index (χ0) is 18.6. The molecule has 0 aromatic heterocycles. The number of benzene rings is 2. The van der Waals surface area contributed by atoms with Crippen molar-refractivity contribution in [2.75, 3.05) is 12.4 Å². The lowest BCUT2D eigenvalue weighted by atomic mass is 10.1. The molecule has 6 nitrogen and oxygen atoms in total. The molecule has 0 aliphatic rings. The molecule has 0 fully saturated rings. The predicted octanol–water partition coefficient (Wildman–Crippen LogP) is 4.28. The van der Waals surface area contributed by atoms with Crippen molar-refractivity contribution < 1.29 is 24.2 Å². The summed E-state index contributed by atoms with van der Waals surface area (Å²) in [6.45, 7) is 3.71. The molecule has 0 saturated carbocycles. The van der Waals surface area contributed by atoms with E-state index in [-0.39, 0.29) is 0 Å². The second-order valence-corrected chi connectivity index (χ2v) is 6.31. The summed E-state index contributed by atoms with van der Waals surface area (Å²) in [4.78, 5) is 22.1. The number of rotatable bonds is 6. The summed E-state index contributed by atoms with van der Waals surface area (Å²) in [5.74, 6) is 0.280. The highest BCUT2D eigenvalue weighted by molar-refractivity contribution is 9.10. The highest BCUT2D eigenvalue weighted by Crippen LogP contribution is 2.35. The Morgan fingerprint density at radius 1 is 1.16 bits per heavy atom. The van der Waals surface area contributed by atoms with Crippen molar-refractivity contribution in [3.05, 3.63) is 45.9 Å². The smallest absolute Gasteiger partial charge is 0.312 e. The van der Waals surface area contributed by atoms with Crippen LogP contribution in [0.3, 0.4) is 0 Å². The number of methoxy groups -OCH3 is 1. The van der Waals surface area contributed by atoms with Crippen LogP contribution in [-0.4, -0.2) is 24.1 Å². The average molecular weight is 408 g/mol. The van der Waals surface area contributed by atoms with E-state index in [1.165, 1.54) is 0 Å². The summed E-state index contributed by atoms with van der Waals surface area (Å²) in [6, 6.07) is 8.87. The Morgan fingerprint density at radius 3 is 2.32 bits per heavy atom. The maximum Gasteiger partial charge on any atom is 0.312 e. The van der Waals surface area contributed by atoms with Gasteiger partial charge in [0.05, 0.1) is 11.6 Å². The highest BCUT2D eigenvalue weighted by Gasteiger charge is 2.12. The van der Waals surface area contributed by atoms with E-state index in [1.807, 2.05) is 13.8 Å². The number of carboxylic acid groups (broad SMARTS) is 1. The van der Waals surface area contributed by atoms with Gasteiger partial charge in [0.2, 0.25) is 5.91 Å². The van der Waals surface area contributed by atoms with Gasteiger partial charge in [0, 0.05) is 5.69 Å². The largest absolute Gasteiger partial charge is 0.496 e. The average Bonchev–Trinajstić information content (AvgIpc) is 2.50. The van der Waals surface area contributed by atoms with Crippen molar-refractivity contribution in [2.24, 2.45) is 0 Å². The quantitative estimate of drug-likeness (QED) is 0.697. The molecular weight excluding hydrogens is 390 g/mol. The molecule has 2 aromatic carbocycles. The van der Waals surface area contributed by atoms with Crippen LogP contribution in [0.1, 0.15) is 17.5 Å². The summed E-state index contributed by atoms with van der Waals surface area (Å²) in [5.41, 5.74) is 2.17. The van der Waals surface area contributed by atoms with Gasteiger partial charge < -0.3 is 19.9 Å². The van der Waals surface area contributed by atoms with Crippen LogP contribution in [0.4, 0.5) is 5.69 Å². The van der Waals surface area contributed by atoms with Gasteiger partial charge in [-0.25, -0.2) is 0 Å². The number of carbonyl (C=O) groups excluding carboxylic acids is 1. The van der Waals surface area contributed by atoms with E-state index in [0.29, 0.717) is 22.9 Å². The number of carboxylic acids is 1. The minimum atomic E-state index is -1.17. The molecule has 7 heteroatoms. The van der Waals surface area contributed by atoms with Crippen LogP contribution in [0.5, 0.6) is 17.2 Å². The molecule has 0 saturated heterocycles. The first-order valence-corrected chi connectivity index (χ1v) is 8.23.